The highest BCUT2D eigenvalue weighted by Crippen LogP contribution is 2.29. The second-order valence-corrected chi connectivity index (χ2v) is 7.32. The van der Waals surface area contributed by atoms with Crippen molar-refractivity contribution in [1.82, 2.24) is 9.97 Å². The molecular weight excluding hydrogens is 354 g/mol. The number of benzene rings is 1. The van der Waals surface area contributed by atoms with E-state index in [0.717, 1.165) is 81.1 Å². The first-order chi connectivity index (χ1) is 13.7. The van der Waals surface area contributed by atoms with Crippen LogP contribution < -0.4 is 19.9 Å². The Morgan fingerprint density at radius 3 is 2.68 bits per heavy atom. The number of piperazine rings is 1. The van der Waals surface area contributed by atoms with Gasteiger partial charge in [-0.1, -0.05) is 12.1 Å². The molecule has 2 aliphatic heterocycles. The van der Waals surface area contributed by atoms with Gasteiger partial charge in [0.1, 0.15) is 23.2 Å². The number of ether oxygens (including phenoxy) is 2. The molecule has 1 aromatic carbocycles. The fourth-order valence-electron chi connectivity index (χ4n) is 3.90. The molecule has 1 N–H and O–H groups in total. The highest BCUT2D eigenvalue weighted by atomic mass is 16.5. The van der Waals surface area contributed by atoms with Gasteiger partial charge in [0.25, 0.3) is 0 Å². The maximum absolute atomic E-state index is 5.69. The number of para-hydroxylation sites is 2. The third kappa shape index (κ3) is 4.30. The third-order valence-corrected chi connectivity index (χ3v) is 5.39. The van der Waals surface area contributed by atoms with E-state index in [9.17, 15) is 0 Å². The van der Waals surface area contributed by atoms with Crippen molar-refractivity contribution in [2.75, 3.05) is 61.6 Å². The van der Waals surface area contributed by atoms with E-state index in [0.29, 0.717) is 6.10 Å². The average molecular weight is 383 g/mol. The standard InChI is InChI=1S/C21H29N5O2/c1-16-23-20(22-15-17-6-5-13-28-17)14-21(24-16)26-11-9-25(10-12-26)18-7-3-4-8-19(18)27-2/h3-4,7-8,14,17H,5-6,9-13,15H2,1-2H3,(H,22,23,24). The molecule has 2 aromatic rings. The predicted molar refractivity (Wildman–Crippen MR) is 112 cm³/mol. The number of rotatable bonds is 6. The van der Waals surface area contributed by atoms with Crippen molar-refractivity contribution < 1.29 is 9.47 Å². The van der Waals surface area contributed by atoms with Gasteiger partial charge in [0.2, 0.25) is 0 Å². The van der Waals surface area contributed by atoms with E-state index in [2.05, 4.69) is 43.3 Å². The first-order valence-corrected chi connectivity index (χ1v) is 10.1. The van der Waals surface area contributed by atoms with Crippen LogP contribution in [0.4, 0.5) is 17.3 Å². The Morgan fingerprint density at radius 1 is 1.14 bits per heavy atom. The van der Waals surface area contributed by atoms with Crippen LogP contribution in [0.5, 0.6) is 5.75 Å². The molecule has 0 spiro atoms. The molecule has 0 amide bonds. The van der Waals surface area contributed by atoms with Gasteiger partial charge in [-0.3, -0.25) is 0 Å². The van der Waals surface area contributed by atoms with Crippen LogP contribution in [0.3, 0.4) is 0 Å². The molecule has 2 saturated heterocycles. The monoisotopic (exact) mass is 383 g/mol. The number of hydrogen-bond acceptors (Lipinski definition) is 7. The maximum Gasteiger partial charge on any atom is 0.142 e. The fraction of sp³-hybridized carbons (Fsp3) is 0.524. The first-order valence-electron chi connectivity index (χ1n) is 10.1. The average Bonchev–Trinajstić information content (AvgIpc) is 3.26. The Kier molecular flexibility index (Phi) is 5.81. The molecule has 0 bridgehead atoms. The Morgan fingerprint density at radius 2 is 1.93 bits per heavy atom. The summed E-state index contributed by atoms with van der Waals surface area (Å²) in [5.74, 6) is 3.58. The van der Waals surface area contributed by atoms with E-state index < -0.39 is 0 Å². The van der Waals surface area contributed by atoms with Gasteiger partial charge in [-0.05, 0) is 31.9 Å². The van der Waals surface area contributed by atoms with Crippen molar-refractivity contribution in [1.29, 1.82) is 0 Å². The molecule has 1 unspecified atom stereocenters. The van der Waals surface area contributed by atoms with Crippen LogP contribution in [0.2, 0.25) is 0 Å². The summed E-state index contributed by atoms with van der Waals surface area (Å²) in [4.78, 5) is 13.9. The smallest absolute Gasteiger partial charge is 0.142 e. The Hall–Kier alpha value is -2.54. The first kappa shape index (κ1) is 18.8. The topological polar surface area (TPSA) is 62.8 Å². The second kappa shape index (κ2) is 8.65. The van der Waals surface area contributed by atoms with E-state index >= 15 is 0 Å². The number of nitrogens with one attached hydrogen (secondary N) is 1. The molecule has 2 aliphatic rings. The zero-order valence-electron chi connectivity index (χ0n) is 16.7. The van der Waals surface area contributed by atoms with Crippen LogP contribution in [0.15, 0.2) is 30.3 Å². The molecule has 0 aliphatic carbocycles. The van der Waals surface area contributed by atoms with Crippen LogP contribution in [-0.2, 0) is 4.74 Å². The lowest BCUT2D eigenvalue weighted by Gasteiger charge is -2.37. The van der Waals surface area contributed by atoms with Crippen LogP contribution in [0.25, 0.3) is 0 Å². The lowest BCUT2D eigenvalue weighted by molar-refractivity contribution is 0.120. The molecule has 7 nitrogen and oxygen atoms in total. The minimum Gasteiger partial charge on any atom is -0.495 e. The maximum atomic E-state index is 5.69. The van der Waals surface area contributed by atoms with E-state index in [1.807, 2.05) is 19.1 Å². The lowest BCUT2D eigenvalue weighted by Crippen LogP contribution is -2.47. The summed E-state index contributed by atoms with van der Waals surface area (Å²) in [5, 5.41) is 3.43. The van der Waals surface area contributed by atoms with Crippen molar-refractivity contribution >= 4 is 17.3 Å². The van der Waals surface area contributed by atoms with Crippen molar-refractivity contribution in [3.8, 4) is 5.75 Å². The summed E-state index contributed by atoms with van der Waals surface area (Å²) in [5.41, 5.74) is 1.16. The molecule has 1 aromatic heterocycles. The number of nitrogens with zero attached hydrogens (tertiary/aromatic N) is 4. The van der Waals surface area contributed by atoms with Gasteiger partial charge in [0, 0.05) is 45.4 Å². The van der Waals surface area contributed by atoms with Gasteiger partial charge < -0.3 is 24.6 Å². The van der Waals surface area contributed by atoms with Crippen LogP contribution >= 0.6 is 0 Å². The van der Waals surface area contributed by atoms with Crippen molar-refractivity contribution in [2.45, 2.75) is 25.9 Å². The zero-order valence-corrected chi connectivity index (χ0v) is 16.7. The Bertz CT molecular complexity index is 786. The molecule has 150 valence electrons. The number of aryl methyl sites for hydroxylation is 1. The Balaban J connectivity index is 1.39. The fourth-order valence-corrected chi connectivity index (χ4v) is 3.90. The predicted octanol–water partition coefficient (Wildman–Crippen LogP) is 2.71. The van der Waals surface area contributed by atoms with E-state index in [1.54, 1.807) is 7.11 Å². The van der Waals surface area contributed by atoms with Crippen LogP contribution in [0.1, 0.15) is 18.7 Å². The minimum absolute atomic E-state index is 0.295. The van der Waals surface area contributed by atoms with E-state index in [-0.39, 0.29) is 0 Å². The molecular formula is C21H29N5O2. The molecule has 3 heterocycles. The third-order valence-electron chi connectivity index (χ3n) is 5.39. The zero-order chi connectivity index (χ0) is 19.3. The molecule has 7 heteroatoms. The molecule has 4 rings (SSSR count). The summed E-state index contributed by atoms with van der Waals surface area (Å²) >= 11 is 0. The number of anilines is 3. The normalized spacial score (nSPS) is 19.7. The van der Waals surface area contributed by atoms with Gasteiger partial charge in [-0.15, -0.1) is 0 Å². The van der Waals surface area contributed by atoms with Gasteiger partial charge in [0.15, 0.2) is 0 Å². The molecule has 0 radical (unpaired) electrons. The summed E-state index contributed by atoms with van der Waals surface area (Å²) in [6, 6.07) is 10.3. The van der Waals surface area contributed by atoms with E-state index in [1.165, 1.54) is 0 Å². The lowest BCUT2D eigenvalue weighted by atomic mass is 10.2. The number of hydrogen-bond donors (Lipinski definition) is 1. The highest BCUT2D eigenvalue weighted by Gasteiger charge is 2.21. The van der Waals surface area contributed by atoms with Gasteiger partial charge in [-0.2, -0.15) is 0 Å². The molecule has 1 atom stereocenters. The van der Waals surface area contributed by atoms with Crippen molar-refractivity contribution in [2.24, 2.45) is 0 Å². The summed E-state index contributed by atoms with van der Waals surface area (Å²) < 4.78 is 11.2. The van der Waals surface area contributed by atoms with E-state index in [4.69, 9.17) is 9.47 Å². The highest BCUT2D eigenvalue weighted by molar-refractivity contribution is 5.60. The van der Waals surface area contributed by atoms with Gasteiger partial charge in [-0.25, -0.2) is 9.97 Å². The summed E-state index contributed by atoms with van der Waals surface area (Å²) in [7, 11) is 1.73. The van der Waals surface area contributed by atoms with Crippen LogP contribution in [-0.4, -0.2) is 62.5 Å². The Labute approximate surface area is 166 Å². The van der Waals surface area contributed by atoms with Crippen LogP contribution in [0, 0.1) is 6.92 Å². The van der Waals surface area contributed by atoms with Gasteiger partial charge in [0.05, 0.1) is 18.9 Å². The quantitative estimate of drug-likeness (QED) is 0.823. The minimum atomic E-state index is 0.295. The van der Waals surface area contributed by atoms with Crippen molar-refractivity contribution in [3.05, 3.63) is 36.2 Å². The summed E-state index contributed by atoms with van der Waals surface area (Å²) in [6.45, 7) is 7.32. The largest absolute Gasteiger partial charge is 0.495 e. The molecule has 0 saturated carbocycles. The SMILES string of the molecule is COc1ccccc1N1CCN(c2cc(NCC3CCCO3)nc(C)n2)CC1. The number of methoxy groups -OCH3 is 1. The second-order valence-electron chi connectivity index (χ2n) is 7.32. The summed E-state index contributed by atoms with van der Waals surface area (Å²) in [6.07, 6.45) is 2.56. The van der Waals surface area contributed by atoms with Crippen molar-refractivity contribution in [3.63, 3.8) is 0 Å². The van der Waals surface area contributed by atoms with Gasteiger partial charge >= 0.3 is 0 Å². The molecule has 2 fully saturated rings. The molecule has 28 heavy (non-hydrogen) atoms. The number of aromatic nitrogens is 2.